The Kier molecular flexibility index (Phi) is 5.34. The van der Waals surface area contributed by atoms with Gasteiger partial charge in [-0.15, -0.1) is 11.3 Å². The standard InChI is InChI=1S/C28H20FN7O2S/c1-13(37)22-4-5-23(39-22)26-25-20(6-7-31-26)33-27(34-25)24-18-9-17(19(29)10-21(18)35-36-24)15-8-16(12-30-11-15)32-28(38)14-2-3-14/h4-12,14H,2-3H2,1H3,(H,32,38)(H,33,34)(H,35,36). The molecular formula is C28H20FN7O2S. The van der Waals surface area contributed by atoms with E-state index >= 15 is 4.39 Å². The lowest BCUT2D eigenvalue weighted by atomic mass is 10.0. The minimum absolute atomic E-state index is 0.00166. The number of benzene rings is 1. The fraction of sp³-hybridized carbons (Fsp3) is 0.143. The van der Waals surface area contributed by atoms with Crippen LogP contribution in [0.25, 0.3) is 55.2 Å². The maximum atomic E-state index is 15.2. The molecule has 11 heteroatoms. The summed E-state index contributed by atoms with van der Waals surface area (Å²) in [4.78, 5) is 42.3. The average Bonchev–Trinajstić information content (AvgIpc) is 3.31. The Morgan fingerprint density at radius 1 is 1.08 bits per heavy atom. The highest BCUT2D eigenvalue weighted by molar-refractivity contribution is 7.17. The van der Waals surface area contributed by atoms with Crippen molar-refractivity contribution in [3.63, 3.8) is 0 Å². The molecule has 0 radical (unpaired) electrons. The monoisotopic (exact) mass is 537 g/mol. The summed E-state index contributed by atoms with van der Waals surface area (Å²) < 4.78 is 15.2. The van der Waals surface area contributed by atoms with Gasteiger partial charge >= 0.3 is 0 Å². The molecule has 192 valence electrons. The van der Waals surface area contributed by atoms with E-state index in [2.05, 4.69) is 30.5 Å². The Balaban J connectivity index is 1.30. The zero-order valence-electron chi connectivity index (χ0n) is 20.6. The van der Waals surface area contributed by atoms with E-state index in [1.165, 1.54) is 24.3 Å². The van der Waals surface area contributed by atoms with E-state index in [9.17, 15) is 9.59 Å². The summed E-state index contributed by atoms with van der Waals surface area (Å²) in [5, 5.41) is 10.9. The van der Waals surface area contributed by atoms with Gasteiger partial charge in [0.2, 0.25) is 5.91 Å². The van der Waals surface area contributed by atoms with Gasteiger partial charge in [0.25, 0.3) is 0 Å². The molecule has 5 aromatic heterocycles. The number of hydrogen-bond acceptors (Lipinski definition) is 7. The minimum Gasteiger partial charge on any atom is -0.336 e. The zero-order valence-corrected chi connectivity index (χ0v) is 21.4. The molecule has 1 fully saturated rings. The molecular weight excluding hydrogens is 517 g/mol. The number of nitrogens with zero attached hydrogens (tertiary/aromatic N) is 4. The first-order valence-electron chi connectivity index (χ1n) is 12.3. The van der Waals surface area contributed by atoms with Crippen LogP contribution >= 0.6 is 11.3 Å². The molecule has 5 heterocycles. The first-order valence-corrected chi connectivity index (χ1v) is 13.2. The van der Waals surface area contributed by atoms with Gasteiger partial charge in [-0.05, 0) is 50.1 Å². The molecule has 1 aliphatic carbocycles. The van der Waals surface area contributed by atoms with Gasteiger partial charge in [0.15, 0.2) is 11.6 Å². The number of thiophene rings is 1. The third-order valence-corrected chi connectivity index (χ3v) is 7.92. The number of H-pyrrole nitrogens is 2. The summed E-state index contributed by atoms with van der Waals surface area (Å²) in [5.41, 5.74) is 4.49. The van der Waals surface area contributed by atoms with E-state index in [0.29, 0.717) is 55.3 Å². The molecule has 0 aliphatic heterocycles. The lowest BCUT2D eigenvalue weighted by molar-refractivity contribution is -0.117. The van der Waals surface area contributed by atoms with Crippen molar-refractivity contribution >= 4 is 50.7 Å². The predicted molar refractivity (Wildman–Crippen MR) is 147 cm³/mol. The molecule has 7 rings (SSSR count). The Morgan fingerprint density at radius 2 is 1.95 bits per heavy atom. The first kappa shape index (κ1) is 23.4. The number of ketones is 1. The summed E-state index contributed by atoms with van der Waals surface area (Å²) in [7, 11) is 0. The second-order valence-electron chi connectivity index (χ2n) is 9.54. The van der Waals surface area contributed by atoms with Crippen LogP contribution in [0.3, 0.4) is 0 Å². The normalized spacial score (nSPS) is 13.3. The van der Waals surface area contributed by atoms with Crippen molar-refractivity contribution in [2.24, 2.45) is 5.92 Å². The number of halogens is 1. The number of hydrogen-bond donors (Lipinski definition) is 3. The Hall–Kier alpha value is -4.77. The summed E-state index contributed by atoms with van der Waals surface area (Å²) in [5.74, 6) is 0.0555. The number of imidazole rings is 1. The SMILES string of the molecule is CC(=O)c1ccc(-c2nccc3[nH]c(-c4n[nH]c5cc(F)c(-c6cncc(NC(=O)C7CC7)c6)cc45)nc23)s1. The fourth-order valence-corrected chi connectivity index (χ4v) is 5.47. The molecule has 3 N–H and O–H groups in total. The summed E-state index contributed by atoms with van der Waals surface area (Å²) in [6.07, 6.45) is 6.58. The van der Waals surface area contributed by atoms with Gasteiger partial charge in [-0.25, -0.2) is 9.37 Å². The number of aromatic nitrogens is 6. The lowest BCUT2D eigenvalue weighted by Gasteiger charge is -2.08. The Morgan fingerprint density at radius 3 is 2.74 bits per heavy atom. The largest absolute Gasteiger partial charge is 0.336 e. The van der Waals surface area contributed by atoms with Crippen molar-refractivity contribution in [1.82, 2.24) is 30.1 Å². The number of pyridine rings is 2. The molecule has 39 heavy (non-hydrogen) atoms. The van der Waals surface area contributed by atoms with Gasteiger partial charge in [-0.1, -0.05) is 0 Å². The highest BCUT2D eigenvalue weighted by Gasteiger charge is 2.29. The number of rotatable bonds is 6. The summed E-state index contributed by atoms with van der Waals surface area (Å²) in [6, 6.07) is 10.3. The van der Waals surface area contributed by atoms with Crippen molar-refractivity contribution in [3.8, 4) is 33.2 Å². The van der Waals surface area contributed by atoms with Gasteiger partial charge in [0, 0.05) is 40.9 Å². The van der Waals surface area contributed by atoms with Crippen molar-refractivity contribution < 1.29 is 14.0 Å². The summed E-state index contributed by atoms with van der Waals surface area (Å²) >= 11 is 1.37. The molecule has 0 unspecified atom stereocenters. The van der Waals surface area contributed by atoms with E-state index < -0.39 is 5.82 Å². The number of anilines is 1. The molecule has 1 saturated carbocycles. The van der Waals surface area contributed by atoms with Gasteiger partial charge in [0.05, 0.1) is 32.7 Å². The van der Waals surface area contributed by atoms with Gasteiger partial charge in [0.1, 0.15) is 22.7 Å². The molecule has 6 aromatic rings. The van der Waals surface area contributed by atoms with Crippen LogP contribution in [0.15, 0.2) is 55.0 Å². The number of amides is 1. The van der Waals surface area contributed by atoms with E-state index in [-0.39, 0.29) is 17.6 Å². The van der Waals surface area contributed by atoms with E-state index in [1.807, 2.05) is 12.1 Å². The molecule has 0 atom stereocenters. The van der Waals surface area contributed by atoms with E-state index in [0.717, 1.165) is 23.2 Å². The molecule has 9 nitrogen and oxygen atoms in total. The molecule has 1 amide bonds. The number of fused-ring (bicyclic) bond motifs is 2. The van der Waals surface area contributed by atoms with E-state index in [1.54, 1.807) is 36.8 Å². The van der Waals surface area contributed by atoms with Gasteiger partial charge in [-0.2, -0.15) is 5.10 Å². The van der Waals surface area contributed by atoms with Crippen molar-refractivity contribution in [2.45, 2.75) is 19.8 Å². The second kappa shape index (κ2) is 8.91. The van der Waals surface area contributed by atoms with Gasteiger partial charge in [-0.3, -0.25) is 24.7 Å². The number of carbonyl (C=O) groups is 2. The van der Waals surface area contributed by atoms with Crippen molar-refractivity contribution in [2.75, 3.05) is 5.32 Å². The maximum absolute atomic E-state index is 15.2. The maximum Gasteiger partial charge on any atom is 0.227 e. The van der Waals surface area contributed by atoms with Crippen LogP contribution < -0.4 is 5.32 Å². The highest BCUT2D eigenvalue weighted by atomic mass is 32.1. The van der Waals surface area contributed by atoms with Crippen LogP contribution in [0.5, 0.6) is 0 Å². The van der Waals surface area contributed by atoms with Crippen LogP contribution in [0.2, 0.25) is 0 Å². The van der Waals surface area contributed by atoms with Crippen LogP contribution in [0.4, 0.5) is 10.1 Å². The molecule has 0 saturated heterocycles. The van der Waals surface area contributed by atoms with E-state index in [4.69, 9.17) is 4.98 Å². The average molecular weight is 538 g/mol. The third-order valence-electron chi connectivity index (χ3n) is 6.73. The highest BCUT2D eigenvalue weighted by Crippen LogP contribution is 2.36. The smallest absolute Gasteiger partial charge is 0.227 e. The van der Waals surface area contributed by atoms with Crippen molar-refractivity contribution in [3.05, 3.63) is 65.7 Å². The van der Waals surface area contributed by atoms with Crippen LogP contribution in [-0.4, -0.2) is 41.8 Å². The van der Waals surface area contributed by atoms with Crippen LogP contribution in [0.1, 0.15) is 29.4 Å². The Labute approximate surface area is 224 Å². The minimum atomic E-state index is -0.444. The predicted octanol–water partition coefficient (Wildman–Crippen LogP) is 5.98. The lowest BCUT2D eigenvalue weighted by Crippen LogP contribution is -2.13. The number of aromatic amines is 2. The quantitative estimate of drug-likeness (QED) is 0.224. The fourth-order valence-electron chi connectivity index (χ4n) is 4.57. The van der Waals surface area contributed by atoms with Crippen LogP contribution in [-0.2, 0) is 4.79 Å². The Bertz CT molecular complexity index is 1940. The molecule has 1 aliphatic rings. The first-order chi connectivity index (χ1) is 18.9. The number of Topliss-reactive ketones (excluding diaryl/α,β-unsaturated/α-hetero) is 1. The zero-order chi connectivity index (χ0) is 26.7. The van der Waals surface area contributed by atoms with Gasteiger partial charge < -0.3 is 10.3 Å². The second-order valence-corrected chi connectivity index (χ2v) is 10.6. The third kappa shape index (κ3) is 4.16. The van der Waals surface area contributed by atoms with Crippen LogP contribution in [0, 0.1) is 11.7 Å². The number of carbonyl (C=O) groups excluding carboxylic acids is 2. The molecule has 0 spiro atoms. The van der Waals surface area contributed by atoms with Crippen molar-refractivity contribution in [1.29, 1.82) is 0 Å². The summed E-state index contributed by atoms with van der Waals surface area (Å²) in [6.45, 7) is 1.53. The number of nitrogens with one attached hydrogen (secondary N) is 3. The molecule has 0 bridgehead atoms. The topological polar surface area (TPSA) is 129 Å². The molecule has 1 aromatic carbocycles.